The summed E-state index contributed by atoms with van der Waals surface area (Å²) < 4.78 is 4.71. The first-order valence-electron chi connectivity index (χ1n) is 10.0. The van der Waals surface area contributed by atoms with Crippen molar-refractivity contribution in [2.24, 2.45) is 5.73 Å². The molecule has 0 spiro atoms. The van der Waals surface area contributed by atoms with Crippen LogP contribution in [-0.4, -0.2) is 70.3 Å². The van der Waals surface area contributed by atoms with Gasteiger partial charge in [-0.2, -0.15) is 5.06 Å². The molecule has 0 bridgehead atoms. The zero-order valence-corrected chi connectivity index (χ0v) is 19.2. The number of carbonyl (C=O) groups excluding carboxylic acids is 4. The van der Waals surface area contributed by atoms with Gasteiger partial charge in [0.2, 0.25) is 11.8 Å². The smallest absolute Gasteiger partial charge is 0.325 e. The van der Waals surface area contributed by atoms with Crippen molar-refractivity contribution in [1.82, 2.24) is 10.6 Å². The lowest BCUT2D eigenvalue weighted by atomic mass is 10.1. The summed E-state index contributed by atoms with van der Waals surface area (Å²) in [5.41, 5.74) is 6.04. The van der Waals surface area contributed by atoms with Crippen LogP contribution in [0.5, 0.6) is 0 Å². The monoisotopic (exact) mass is 494 g/mol. The third-order valence-electron chi connectivity index (χ3n) is 4.19. The van der Waals surface area contributed by atoms with E-state index in [0.29, 0.717) is 22.4 Å². The molecule has 184 valence electrons. The summed E-state index contributed by atoms with van der Waals surface area (Å²) in [5.74, 6) is -1.36. The Morgan fingerprint density at radius 1 is 1.24 bits per heavy atom. The van der Waals surface area contributed by atoms with Gasteiger partial charge in [0.25, 0.3) is 0 Å². The van der Waals surface area contributed by atoms with Gasteiger partial charge in [-0.1, -0.05) is 17.7 Å². The first kappa shape index (κ1) is 28.4. The molecule has 0 aliphatic rings. The standard InChI is InChI=1S/C21H26N4O8S/c1-3-13-5-7-14(8-6-13)25(32)21(31)34-12-16(19(28)23-11-18(27)33-4-2)24-17(26)10-9-15(22)20(29)30/h1,5-8,15-16,32H,4,9-12,22H2,2H3,(H,23,28)(H,24,26)(H,29,30)/t15-,16-/m0/s1. The Morgan fingerprint density at radius 2 is 1.88 bits per heavy atom. The number of hydroxylamine groups is 1. The van der Waals surface area contributed by atoms with Crippen molar-refractivity contribution in [3.8, 4) is 12.3 Å². The lowest BCUT2D eigenvalue weighted by Crippen LogP contribution is -2.50. The number of rotatable bonds is 12. The lowest BCUT2D eigenvalue weighted by Gasteiger charge is -2.20. The first-order valence-corrected chi connectivity index (χ1v) is 11.0. The minimum absolute atomic E-state index is 0.109. The van der Waals surface area contributed by atoms with Gasteiger partial charge in [0.1, 0.15) is 18.6 Å². The molecular weight excluding hydrogens is 468 g/mol. The normalized spacial score (nSPS) is 11.9. The second-order valence-corrected chi connectivity index (χ2v) is 7.68. The Labute approximate surface area is 200 Å². The fraction of sp³-hybridized carbons (Fsp3) is 0.381. The molecule has 0 saturated heterocycles. The minimum atomic E-state index is -1.28. The van der Waals surface area contributed by atoms with Gasteiger partial charge in [0, 0.05) is 17.7 Å². The molecule has 0 radical (unpaired) electrons. The first-order chi connectivity index (χ1) is 16.1. The van der Waals surface area contributed by atoms with Crippen molar-refractivity contribution in [2.45, 2.75) is 31.8 Å². The van der Waals surface area contributed by atoms with Gasteiger partial charge in [-0.3, -0.25) is 29.2 Å². The molecule has 13 heteroatoms. The van der Waals surface area contributed by atoms with Crippen molar-refractivity contribution >= 4 is 46.4 Å². The maximum Gasteiger partial charge on any atom is 0.325 e. The Morgan fingerprint density at radius 3 is 2.44 bits per heavy atom. The zero-order valence-electron chi connectivity index (χ0n) is 18.4. The van der Waals surface area contributed by atoms with Crippen LogP contribution in [-0.2, 0) is 23.9 Å². The molecular formula is C21H26N4O8S. The highest BCUT2D eigenvalue weighted by atomic mass is 32.2. The number of aliphatic carboxylic acids is 1. The van der Waals surface area contributed by atoms with Crippen LogP contribution in [0.2, 0.25) is 0 Å². The fourth-order valence-electron chi connectivity index (χ4n) is 2.37. The quantitative estimate of drug-likeness (QED) is 0.115. The molecule has 12 nitrogen and oxygen atoms in total. The molecule has 0 aliphatic heterocycles. The minimum Gasteiger partial charge on any atom is -0.480 e. The van der Waals surface area contributed by atoms with Crippen molar-refractivity contribution in [3.63, 3.8) is 0 Å². The lowest BCUT2D eigenvalue weighted by molar-refractivity contribution is -0.143. The number of nitrogens with zero attached hydrogens (tertiary/aromatic N) is 1. The van der Waals surface area contributed by atoms with Crippen LogP contribution < -0.4 is 21.4 Å². The average Bonchev–Trinajstić information content (AvgIpc) is 2.82. The highest BCUT2D eigenvalue weighted by molar-refractivity contribution is 8.13. The third-order valence-corrected chi connectivity index (χ3v) is 5.11. The summed E-state index contributed by atoms with van der Waals surface area (Å²) in [4.78, 5) is 59.3. The van der Waals surface area contributed by atoms with E-state index in [0.717, 1.165) is 0 Å². The fourth-order valence-corrected chi connectivity index (χ4v) is 3.15. The van der Waals surface area contributed by atoms with Crippen LogP contribution >= 0.6 is 11.8 Å². The van der Waals surface area contributed by atoms with Crippen LogP contribution in [0.3, 0.4) is 0 Å². The van der Waals surface area contributed by atoms with Crippen LogP contribution in [0.4, 0.5) is 10.5 Å². The van der Waals surface area contributed by atoms with Gasteiger partial charge >= 0.3 is 17.2 Å². The number of ether oxygens (including phenoxy) is 1. The summed E-state index contributed by atoms with van der Waals surface area (Å²) in [7, 11) is 0. The molecule has 1 aromatic carbocycles. The van der Waals surface area contributed by atoms with Gasteiger partial charge in [0.05, 0.1) is 12.3 Å². The second kappa shape index (κ2) is 14.5. The number of terminal acetylenes is 1. The molecule has 2 atom stereocenters. The van der Waals surface area contributed by atoms with Gasteiger partial charge in [-0.25, -0.2) is 0 Å². The van der Waals surface area contributed by atoms with Crippen molar-refractivity contribution < 1.29 is 39.0 Å². The van der Waals surface area contributed by atoms with E-state index in [1.54, 1.807) is 6.92 Å². The molecule has 0 fully saturated rings. The second-order valence-electron chi connectivity index (χ2n) is 6.71. The Balaban J connectivity index is 2.79. The van der Waals surface area contributed by atoms with Gasteiger partial charge in [0.15, 0.2) is 0 Å². The molecule has 0 aromatic heterocycles. The highest BCUT2D eigenvalue weighted by Crippen LogP contribution is 2.19. The van der Waals surface area contributed by atoms with E-state index in [-0.39, 0.29) is 30.9 Å². The van der Waals surface area contributed by atoms with E-state index < -0.39 is 47.6 Å². The number of carboxylic acids is 1. The number of nitrogens with one attached hydrogen (secondary N) is 2. The Kier molecular flexibility index (Phi) is 12.1. The maximum absolute atomic E-state index is 12.5. The number of hydrogen-bond donors (Lipinski definition) is 5. The van der Waals surface area contributed by atoms with Crippen LogP contribution in [0.1, 0.15) is 25.3 Å². The summed E-state index contributed by atoms with van der Waals surface area (Å²) in [5, 5.41) is 23.1. The van der Waals surface area contributed by atoms with Crippen LogP contribution in [0.15, 0.2) is 24.3 Å². The number of benzene rings is 1. The predicted molar refractivity (Wildman–Crippen MR) is 123 cm³/mol. The van der Waals surface area contributed by atoms with E-state index in [1.165, 1.54) is 24.3 Å². The summed E-state index contributed by atoms with van der Waals surface area (Å²) >= 11 is 0.528. The third kappa shape index (κ3) is 9.90. The largest absolute Gasteiger partial charge is 0.480 e. The SMILES string of the molecule is C#Cc1ccc(N(O)C(=O)SC[C@H](NC(=O)CC[C@H](N)C(=O)O)C(=O)NCC(=O)OCC)cc1. The topological polar surface area (TPSA) is 188 Å². The van der Waals surface area contributed by atoms with E-state index >= 15 is 0 Å². The predicted octanol–water partition coefficient (Wildman–Crippen LogP) is 0.0729. The number of anilines is 1. The number of esters is 1. The summed E-state index contributed by atoms with van der Waals surface area (Å²) in [6.07, 6.45) is 4.79. The summed E-state index contributed by atoms with van der Waals surface area (Å²) in [6, 6.07) is 3.33. The molecule has 1 rings (SSSR count). The molecule has 0 saturated carbocycles. The van der Waals surface area contributed by atoms with Gasteiger partial charge in [-0.15, -0.1) is 6.42 Å². The molecule has 6 N–H and O–H groups in total. The summed E-state index contributed by atoms with van der Waals surface area (Å²) in [6.45, 7) is 1.24. The molecule has 34 heavy (non-hydrogen) atoms. The maximum atomic E-state index is 12.5. The highest BCUT2D eigenvalue weighted by Gasteiger charge is 2.25. The van der Waals surface area contributed by atoms with Gasteiger partial charge in [-0.05, 0) is 37.6 Å². The van der Waals surface area contributed by atoms with Crippen LogP contribution in [0, 0.1) is 12.3 Å². The number of thioether (sulfide) groups is 1. The number of carbonyl (C=O) groups is 5. The molecule has 0 aliphatic carbocycles. The Hall–Kier alpha value is -3.60. The molecule has 0 heterocycles. The van der Waals surface area contributed by atoms with E-state index in [4.69, 9.17) is 22.0 Å². The van der Waals surface area contributed by atoms with Gasteiger partial charge < -0.3 is 26.2 Å². The zero-order chi connectivity index (χ0) is 25.7. The van der Waals surface area contributed by atoms with Crippen molar-refractivity contribution in [1.29, 1.82) is 0 Å². The number of nitrogens with two attached hydrogens (primary N) is 1. The Bertz CT molecular complexity index is 932. The van der Waals surface area contributed by atoms with E-state index in [2.05, 4.69) is 16.6 Å². The number of hydrogen-bond acceptors (Lipinski definition) is 9. The number of carboxylic acid groups (broad SMARTS) is 1. The molecule has 1 aromatic rings. The van der Waals surface area contributed by atoms with E-state index in [9.17, 15) is 29.2 Å². The van der Waals surface area contributed by atoms with Crippen molar-refractivity contribution in [3.05, 3.63) is 29.8 Å². The van der Waals surface area contributed by atoms with Crippen molar-refractivity contribution in [2.75, 3.05) is 24.0 Å². The number of amides is 3. The van der Waals surface area contributed by atoms with Crippen LogP contribution in [0.25, 0.3) is 0 Å². The average molecular weight is 495 g/mol. The van der Waals surface area contributed by atoms with E-state index in [1.807, 2.05) is 0 Å². The molecule has 0 unspecified atom stereocenters. The molecule has 3 amide bonds.